The van der Waals surface area contributed by atoms with E-state index in [1.807, 2.05) is 26.2 Å². The number of alkyl carbamates (subject to hydrolysis) is 2. The molecule has 0 radical (unpaired) electrons. The van der Waals surface area contributed by atoms with Gasteiger partial charge in [-0.15, -0.1) is 80.4 Å². The molecule has 3 aromatic rings. The Hall–Kier alpha value is -7.46. The smallest absolute Gasteiger partial charge is 0.407 e. The molecule has 580 valence electrons. The van der Waals surface area contributed by atoms with Crippen LogP contribution >= 0.6 is 80.4 Å². The van der Waals surface area contributed by atoms with Gasteiger partial charge in [-0.3, -0.25) is 33.6 Å². The number of esters is 2. The topological polar surface area (TPSA) is 325 Å². The van der Waals surface area contributed by atoms with Crippen molar-refractivity contribution in [3.05, 3.63) is 105 Å². The number of hydrogen-bond acceptors (Lipinski definition) is 20. The van der Waals surface area contributed by atoms with Crippen LogP contribution in [0.1, 0.15) is 172 Å². The fraction of sp³-hybridized carbons (Fsp3) is 0.595. The Morgan fingerprint density at radius 1 is 0.505 bits per heavy atom. The molecule has 0 aliphatic heterocycles. The summed E-state index contributed by atoms with van der Waals surface area (Å²) >= 11 is 25.7. The summed E-state index contributed by atoms with van der Waals surface area (Å²) in [6.07, 6.45) is 23.5. The fourth-order valence-corrected chi connectivity index (χ4v) is 12.7. The Labute approximate surface area is 651 Å². The highest BCUT2D eigenvalue weighted by molar-refractivity contribution is 7.14. The minimum Gasteiger partial charge on any atom is -0.444 e. The average molecular weight is 1590 g/mol. The van der Waals surface area contributed by atoms with E-state index in [4.69, 9.17) is 61.6 Å². The minimum absolute atomic E-state index is 0. The Bertz CT molecular complexity index is 3390. The summed E-state index contributed by atoms with van der Waals surface area (Å²) in [6.45, 7) is 19.2. The first kappa shape index (κ1) is 97.5. The molecule has 0 aromatic carbocycles. The highest BCUT2D eigenvalue weighted by Crippen LogP contribution is 2.32. The van der Waals surface area contributed by atoms with Crippen LogP contribution in [-0.2, 0) is 47.8 Å². The molecule has 6 rings (SSSR count). The number of aromatic nitrogens is 3. The second-order valence-electron chi connectivity index (χ2n) is 25.3. The van der Waals surface area contributed by atoms with Crippen molar-refractivity contribution < 1.29 is 57.4 Å². The molecule has 7 amide bonds. The minimum atomic E-state index is -0.776. The zero-order valence-electron chi connectivity index (χ0n) is 59.6. The molecule has 3 aromatic heterocycles. The van der Waals surface area contributed by atoms with Crippen LogP contribution in [0.4, 0.5) is 25.0 Å². The van der Waals surface area contributed by atoms with E-state index in [2.05, 4.69) is 122 Å². The summed E-state index contributed by atoms with van der Waals surface area (Å²) in [5.74, 6) is -2.36. The number of nitrogens with zero attached hydrogens (tertiary/aromatic N) is 5. The number of rotatable bonds is 27. The highest BCUT2D eigenvalue weighted by atomic mass is 35.5. The van der Waals surface area contributed by atoms with Crippen molar-refractivity contribution in [2.75, 3.05) is 78.7 Å². The highest BCUT2D eigenvalue weighted by Gasteiger charge is 2.35. The SMILES string of the molecule is C.C.C=C=C=C=C=C=C=C=C=C=C=C.CC(C)(C)OC(=O)NCCN(C(=O)CCl)[C@@H](CC1CCCCC1)C(=O)Nc1nccs1.CC(C)(C)OC(=O)NCCN[C@@H](CC1CCCCC1)C(=O)Nc1nccs1.NCCN(C(=O)CCl)[C@@H](CC1CCCCC1)C(=O)Nc1nccs1.O=C(CCl)OC(=O)CCl. The number of nitrogens with one attached hydrogen (secondary N) is 6. The van der Waals surface area contributed by atoms with E-state index in [-0.39, 0.29) is 87.0 Å². The van der Waals surface area contributed by atoms with Crippen LogP contribution in [0, 0.1) is 17.8 Å². The Kier molecular flexibility index (Phi) is 53.6. The van der Waals surface area contributed by atoms with Gasteiger partial charge in [-0.05, 0) is 138 Å². The first-order valence-corrected chi connectivity index (χ1v) is 38.7. The largest absolute Gasteiger partial charge is 0.444 e. The molecule has 3 aliphatic carbocycles. The van der Waals surface area contributed by atoms with Gasteiger partial charge in [0.05, 0.1) is 6.04 Å². The van der Waals surface area contributed by atoms with E-state index in [0.29, 0.717) is 72.2 Å². The van der Waals surface area contributed by atoms with Crippen molar-refractivity contribution in [1.82, 2.24) is 40.7 Å². The van der Waals surface area contributed by atoms with Gasteiger partial charge in [0.15, 0.2) is 15.4 Å². The third-order valence-electron chi connectivity index (χ3n) is 15.0. The quantitative estimate of drug-likeness (QED) is 0.00931. The lowest BCUT2D eigenvalue weighted by molar-refractivity contribution is -0.156. The van der Waals surface area contributed by atoms with Crippen molar-refractivity contribution in [2.45, 2.75) is 201 Å². The number of hydrogen-bond donors (Lipinski definition) is 7. The first-order chi connectivity index (χ1) is 49.3. The maximum atomic E-state index is 13.1. The summed E-state index contributed by atoms with van der Waals surface area (Å²) in [5.41, 5.74) is 29.0. The normalized spacial score (nSPS) is 13.9. The van der Waals surface area contributed by atoms with Crippen LogP contribution in [0.25, 0.3) is 0 Å². The number of halogens is 4. The van der Waals surface area contributed by atoms with Crippen LogP contribution in [0.5, 0.6) is 0 Å². The second kappa shape index (κ2) is 57.7. The van der Waals surface area contributed by atoms with Gasteiger partial charge >= 0.3 is 24.1 Å². The number of alkyl halides is 4. The van der Waals surface area contributed by atoms with Gasteiger partial charge in [0.2, 0.25) is 29.5 Å². The maximum absolute atomic E-state index is 13.1. The van der Waals surface area contributed by atoms with E-state index >= 15 is 0 Å². The number of anilines is 3. The predicted octanol–water partition coefficient (Wildman–Crippen LogP) is 14.2. The molecule has 105 heavy (non-hydrogen) atoms. The standard InChI is InChI=1S/C21H33ClN4O4S.C19H32N4O3S.C16H25ClN4O2S.C12H4.C4H4Cl2O3.2CH4/c1-21(2,3)30-20(29)24-9-11-26(17(27)14-22)16(13-15-7-5-4-6-8-15)18(28)25-19-23-10-12-31-19;1-19(2,3)26-18(25)22-10-9-20-15(13-14-7-5-4-6-8-14)16(24)23-17-21-11-12-27-17;17-11-14(22)21(8-6-18)13(10-12-4-2-1-3-5-12)15(23)20-16-19-7-9-24-16;1-3-5-7-9-11-12-10-8-6-4-2;5-1-3(7)9-4(8)2-6;;/h10,12,15-16H,4-9,11,13-14H2,1-3H3,(H,24,29)(H,23,25,28);11-12,14-15,20H,4-10,13H2,1-3H3,(H,22,25)(H,21,23,24);7,9,12-13H,1-6,8,10-11,18H2,(H,19,20,23);1-2H2;1-2H2;2*1H4/t16-;15-;13-;;;;/m000..../s1. The van der Waals surface area contributed by atoms with Crippen molar-refractivity contribution in [1.29, 1.82) is 0 Å². The lowest BCUT2D eigenvalue weighted by Gasteiger charge is -2.34. The predicted molar refractivity (Wildman–Crippen MR) is 420 cm³/mol. The van der Waals surface area contributed by atoms with Gasteiger partial charge < -0.3 is 61.6 Å². The Morgan fingerprint density at radius 2 is 0.848 bits per heavy atom. The number of amides is 7. The van der Waals surface area contributed by atoms with Gasteiger partial charge in [-0.25, -0.2) is 24.5 Å². The molecule has 0 bridgehead atoms. The van der Waals surface area contributed by atoms with Gasteiger partial charge in [0.25, 0.3) is 0 Å². The summed E-state index contributed by atoms with van der Waals surface area (Å²) < 4.78 is 14.5. The molecule has 3 atom stereocenters. The number of thiazole rings is 3. The number of carbonyl (C=O) groups is 9. The molecule has 0 saturated heterocycles. The summed E-state index contributed by atoms with van der Waals surface area (Å²) in [4.78, 5) is 123. The molecule has 24 nitrogen and oxygen atoms in total. The zero-order chi connectivity index (χ0) is 76.3. The van der Waals surface area contributed by atoms with Crippen molar-refractivity contribution in [2.24, 2.45) is 23.5 Å². The van der Waals surface area contributed by atoms with E-state index < -0.39 is 47.4 Å². The van der Waals surface area contributed by atoms with Crippen LogP contribution in [-0.4, -0.2) is 171 Å². The van der Waals surface area contributed by atoms with Crippen LogP contribution in [0.15, 0.2) is 105 Å². The summed E-state index contributed by atoms with van der Waals surface area (Å²) in [7, 11) is 0. The Morgan fingerprint density at radius 3 is 1.17 bits per heavy atom. The molecule has 3 aliphatic rings. The third-order valence-corrected chi connectivity index (χ3v) is 18.0. The van der Waals surface area contributed by atoms with Crippen LogP contribution < -0.4 is 37.6 Å². The van der Waals surface area contributed by atoms with Crippen molar-refractivity contribution in [3.8, 4) is 0 Å². The van der Waals surface area contributed by atoms with E-state index in [9.17, 15) is 43.2 Å². The molecule has 3 heterocycles. The van der Waals surface area contributed by atoms with Crippen molar-refractivity contribution in [3.63, 3.8) is 0 Å². The summed E-state index contributed by atoms with van der Waals surface area (Å²) in [5, 5.41) is 24.2. The van der Waals surface area contributed by atoms with Gasteiger partial charge in [0.1, 0.15) is 46.8 Å². The monoisotopic (exact) mass is 1590 g/mol. The molecule has 8 N–H and O–H groups in total. The molecule has 31 heteroatoms. The molecule has 0 unspecified atom stereocenters. The average Bonchev–Trinajstić information content (AvgIpc) is 1.82. The van der Waals surface area contributed by atoms with Gasteiger partial charge in [0, 0.05) is 74.0 Å². The maximum Gasteiger partial charge on any atom is 0.407 e. The molecular weight excluding hydrogens is 1490 g/mol. The van der Waals surface area contributed by atoms with Gasteiger partial charge in [-0.2, -0.15) is 0 Å². The zero-order valence-corrected chi connectivity index (χ0v) is 65.1. The van der Waals surface area contributed by atoms with Gasteiger partial charge in [-0.1, -0.05) is 123 Å². The lowest BCUT2D eigenvalue weighted by atomic mass is 9.84. The van der Waals surface area contributed by atoms with E-state index in [0.717, 1.165) is 44.9 Å². The summed E-state index contributed by atoms with van der Waals surface area (Å²) in [6, 6.07) is -1.53. The molecule has 0 spiro atoms. The lowest BCUT2D eigenvalue weighted by Crippen LogP contribution is -2.51. The van der Waals surface area contributed by atoms with E-state index in [1.54, 1.807) is 50.1 Å². The number of carbonyl (C=O) groups excluding carboxylic acids is 9. The molecule has 3 fully saturated rings. The number of ether oxygens (including phenoxy) is 3. The third kappa shape index (κ3) is 46.3. The van der Waals surface area contributed by atoms with Crippen molar-refractivity contribution >= 4 is 149 Å². The number of nitrogens with two attached hydrogens (primary N) is 1. The molecular formula is C74H106Cl4N12O12S3. The first-order valence-electron chi connectivity index (χ1n) is 33.9. The molecule has 3 saturated carbocycles. The fourth-order valence-electron chi connectivity index (χ4n) is 10.7. The van der Waals surface area contributed by atoms with Crippen LogP contribution in [0.3, 0.4) is 0 Å². The second-order valence-corrected chi connectivity index (χ2v) is 29.0. The van der Waals surface area contributed by atoms with Crippen LogP contribution in [0.2, 0.25) is 0 Å². The Balaban J connectivity index is 0.00000135. The van der Waals surface area contributed by atoms with E-state index in [1.165, 1.54) is 102 Å².